The van der Waals surface area contributed by atoms with Crippen LogP contribution in [0, 0.1) is 24.6 Å². The van der Waals surface area contributed by atoms with Crippen LogP contribution in [0.4, 0.5) is 4.39 Å². The minimum Gasteiger partial charge on any atom is -0.385 e. The van der Waals surface area contributed by atoms with Gasteiger partial charge in [0.2, 0.25) is 0 Å². The summed E-state index contributed by atoms with van der Waals surface area (Å²) in [6.07, 6.45) is 0.986. The topological polar surface area (TPSA) is 12.0 Å². The van der Waals surface area contributed by atoms with Gasteiger partial charge in [-0.1, -0.05) is 38.3 Å². The second-order valence-corrected chi connectivity index (χ2v) is 5.24. The van der Waals surface area contributed by atoms with Crippen LogP contribution in [0.5, 0.6) is 0 Å². The lowest BCUT2D eigenvalue weighted by Gasteiger charge is -2.20. The van der Waals surface area contributed by atoms with Gasteiger partial charge in [0.05, 0.1) is 0 Å². The lowest BCUT2D eigenvalue weighted by atomic mass is 9.96. The van der Waals surface area contributed by atoms with Crippen LogP contribution in [0.25, 0.3) is 5.70 Å². The van der Waals surface area contributed by atoms with Crippen LogP contribution in [0.2, 0.25) is 0 Å². The monoisotopic (exact) mass is 307 g/mol. The third-order valence-corrected chi connectivity index (χ3v) is 3.67. The van der Waals surface area contributed by atoms with Crippen molar-refractivity contribution in [1.29, 1.82) is 0 Å². The van der Waals surface area contributed by atoms with E-state index in [1.54, 1.807) is 19.1 Å². The van der Waals surface area contributed by atoms with E-state index in [2.05, 4.69) is 35.9 Å². The molecule has 1 nitrogen and oxygen atoms in total. The summed E-state index contributed by atoms with van der Waals surface area (Å²) in [6, 6.07) is 11.1. The zero-order chi connectivity index (χ0) is 16.8. The van der Waals surface area contributed by atoms with E-state index in [1.807, 2.05) is 19.9 Å². The Hall–Kier alpha value is -2.53. The minimum atomic E-state index is -0.194. The summed E-state index contributed by atoms with van der Waals surface area (Å²) in [5.74, 6) is 6.05. The predicted molar refractivity (Wildman–Crippen MR) is 95.6 cm³/mol. The maximum Gasteiger partial charge on any atom is 0.126 e. The van der Waals surface area contributed by atoms with E-state index in [0.29, 0.717) is 5.56 Å². The molecule has 1 aliphatic rings. The first-order valence-corrected chi connectivity index (χ1v) is 7.98. The molecule has 1 aliphatic heterocycles. The molecule has 0 unspecified atom stereocenters. The van der Waals surface area contributed by atoms with Crippen molar-refractivity contribution in [3.63, 3.8) is 0 Å². The molecule has 3 rings (SSSR count). The Balaban J connectivity index is 0.000000924. The summed E-state index contributed by atoms with van der Waals surface area (Å²) in [4.78, 5) is 0. The molecule has 0 saturated carbocycles. The van der Waals surface area contributed by atoms with Crippen molar-refractivity contribution in [2.75, 3.05) is 6.54 Å². The van der Waals surface area contributed by atoms with Gasteiger partial charge in [0.1, 0.15) is 5.82 Å². The quantitative estimate of drug-likeness (QED) is 0.697. The first kappa shape index (κ1) is 16.8. The summed E-state index contributed by atoms with van der Waals surface area (Å²) in [6.45, 7) is 10.7. The highest BCUT2D eigenvalue weighted by molar-refractivity contribution is 5.67. The van der Waals surface area contributed by atoms with Crippen molar-refractivity contribution >= 4 is 5.70 Å². The van der Waals surface area contributed by atoms with Crippen LogP contribution in [0.3, 0.4) is 0 Å². The SMILES string of the molecule is C=C1NCCc2cc(C#Cc3ccc(F)c(C)c3)ccc21.CC. The van der Waals surface area contributed by atoms with Crippen LogP contribution in [-0.2, 0) is 6.42 Å². The molecule has 2 aromatic rings. The number of hydrogen-bond acceptors (Lipinski definition) is 1. The molecule has 0 fully saturated rings. The van der Waals surface area contributed by atoms with Gasteiger partial charge in [0.25, 0.3) is 0 Å². The van der Waals surface area contributed by atoms with Gasteiger partial charge in [-0.05, 0) is 54.8 Å². The molecular weight excluding hydrogens is 285 g/mol. The van der Waals surface area contributed by atoms with Crippen LogP contribution in [0.15, 0.2) is 43.0 Å². The molecule has 2 heteroatoms. The van der Waals surface area contributed by atoms with Crippen molar-refractivity contribution in [2.24, 2.45) is 0 Å². The van der Waals surface area contributed by atoms with Crippen LogP contribution >= 0.6 is 0 Å². The maximum absolute atomic E-state index is 13.2. The molecule has 2 aromatic carbocycles. The normalized spacial score (nSPS) is 12.1. The van der Waals surface area contributed by atoms with Crippen LogP contribution < -0.4 is 5.32 Å². The second kappa shape index (κ2) is 7.65. The fraction of sp³-hybridized carbons (Fsp3) is 0.238. The lowest BCUT2D eigenvalue weighted by molar-refractivity contribution is 0.618. The number of benzene rings is 2. The smallest absolute Gasteiger partial charge is 0.126 e. The Morgan fingerprint density at radius 2 is 1.70 bits per heavy atom. The van der Waals surface area contributed by atoms with Gasteiger partial charge in [-0.25, -0.2) is 4.39 Å². The molecule has 0 amide bonds. The molecule has 0 saturated heterocycles. The van der Waals surface area contributed by atoms with Crippen molar-refractivity contribution in [3.8, 4) is 11.8 Å². The molecule has 0 bridgehead atoms. The standard InChI is InChI=1S/C19H16FN.C2H6/c1-13-11-15(6-8-19(13)20)3-4-16-5-7-18-14(2)21-10-9-17(18)12-16;1-2/h5-8,11-12,21H,2,9-10H2,1H3;1-2H3. The molecule has 0 aliphatic carbocycles. The molecule has 0 atom stereocenters. The van der Waals surface area contributed by atoms with Crippen molar-refractivity contribution in [3.05, 3.63) is 76.6 Å². The largest absolute Gasteiger partial charge is 0.385 e. The highest BCUT2D eigenvalue weighted by Crippen LogP contribution is 2.21. The molecule has 118 valence electrons. The fourth-order valence-electron chi connectivity index (χ4n) is 2.48. The van der Waals surface area contributed by atoms with Crippen molar-refractivity contribution in [1.82, 2.24) is 5.32 Å². The Kier molecular flexibility index (Phi) is 5.60. The van der Waals surface area contributed by atoms with E-state index in [4.69, 9.17) is 0 Å². The first-order valence-electron chi connectivity index (χ1n) is 7.98. The minimum absolute atomic E-state index is 0.194. The molecule has 0 spiro atoms. The third kappa shape index (κ3) is 4.02. The average molecular weight is 307 g/mol. The molecular formula is C21H22FN. The Labute approximate surface area is 138 Å². The number of nitrogens with one attached hydrogen (secondary N) is 1. The van der Waals surface area contributed by atoms with Gasteiger partial charge in [-0.15, -0.1) is 0 Å². The average Bonchev–Trinajstić information content (AvgIpc) is 2.58. The van der Waals surface area contributed by atoms with Crippen molar-refractivity contribution < 1.29 is 4.39 Å². The number of fused-ring (bicyclic) bond motifs is 1. The third-order valence-electron chi connectivity index (χ3n) is 3.67. The van der Waals surface area contributed by atoms with E-state index in [-0.39, 0.29) is 5.82 Å². The summed E-state index contributed by atoms with van der Waals surface area (Å²) in [7, 11) is 0. The lowest BCUT2D eigenvalue weighted by Crippen LogP contribution is -2.21. The van der Waals surface area contributed by atoms with Gasteiger partial charge >= 0.3 is 0 Å². The maximum atomic E-state index is 13.2. The second-order valence-electron chi connectivity index (χ2n) is 5.24. The predicted octanol–water partition coefficient (Wildman–Crippen LogP) is 4.68. The van der Waals surface area contributed by atoms with Gasteiger partial charge in [-0.3, -0.25) is 0 Å². The highest BCUT2D eigenvalue weighted by atomic mass is 19.1. The zero-order valence-electron chi connectivity index (χ0n) is 14.0. The van der Waals surface area contributed by atoms with E-state index < -0.39 is 0 Å². The Bertz CT molecular complexity index is 778. The summed E-state index contributed by atoms with van der Waals surface area (Å²) < 4.78 is 13.2. The molecule has 0 aromatic heterocycles. The van der Waals surface area contributed by atoms with Gasteiger partial charge < -0.3 is 5.32 Å². The number of aryl methyl sites for hydroxylation is 1. The molecule has 23 heavy (non-hydrogen) atoms. The summed E-state index contributed by atoms with van der Waals surface area (Å²) in [5.41, 5.74) is 5.85. The Morgan fingerprint density at radius 3 is 2.39 bits per heavy atom. The Morgan fingerprint density at radius 1 is 1.04 bits per heavy atom. The molecule has 1 N–H and O–H groups in total. The summed E-state index contributed by atoms with van der Waals surface area (Å²) in [5, 5.41) is 3.26. The van der Waals surface area contributed by atoms with Gasteiger partial charge in [0.15, 0.2) is 0 Å². The first-order chi connectivity index (χ1) is 11.1. The molecule has 0 radical (unpaired) electrons. The molecule has 1 heterocycles. The van der Waals surface area contributed by atoms with Crippen LogP contribution in [-0.4, -0.2) is 6.54 Å². The number of halogens is 1. The number of rotatable bonds is 0. The summed E-state index contributed by atoms with van der Waals surface area (Å²) >= 11 is 0. The van der Waals surface area contributed by atoms with Crippen molar-refractivity contribution in [2.45, 2.75) is 27.2 Å². The van der Waals surface area contributed by atoms with E-state index >= 15 is 0 Å². The zero-order valence-corrected chi connectivity index (χ0v) is 14.0. The van der Waals surface area contributed by atoms with E-state index in [0.717, 1.165) is 29.8 Å². The van der Waals surface area contributed by atoms with E-state index in [9.17, 15) is 4.39 Å². The highest BCUT2D eigenvalue weighted by Gasteiger charge is 2.11. The van der Waals surface area contributed by atoms with E-state index in [1.165, 1.54) is 17.2 Å². The number of hydrogen-bond donors (Lipinski definition) is 1. The fourth-order valence-corrected chi connectivity index (χ4v) is 2.48. The van der Waals surface area contributed by atoms with Gasteiger partial charge in [-0.2, -0.15) is 0 Å². The van der Waals surface area contributed by atoms with Gasteiger partial charge in [0, 0.05) is 28.9 Å². The van der Waals surface area contributed by atoms with Crippen LogP contribution in [0.1, 0.15) is 41.7 Å².